The van der Waals surface area contributed by atoms with Gasteiger partial charge in [0.1, 0.15) is 5.69 Å². The van der Waals surface area contributed by atoms with Crippen molar-refractivity contribution in [3.63, 3.8) is 0 Å². The van der Waals surface area contributed by atoms with E-state index in [1.54, 1.807) is 6.07 Å². The van der Waals surface area contributed by atoms with Gasteiger partial charge in [0.05, 0.1) is 0 Å². The largest absolute Gasteiger partial charge is 0.356 e. The monoisotopic (exact) mass is 201 g/mol. The third kappa shape index (κ3) is 1.81. The highest BCUT2D eigenvalue weighted by Crippen LogP contribution is 2.22. The molecule has 1 heterocycles. The van der Waals surface area contributed by atoms with E-state index in [-0.39, 0.29) is 0 Å². The number of aromatic nitrogens is 1. The van der Waals surface area contributed by atoms with E-state index in [2.05, 4.69) is 12.1 Å². The molecule has 15 heavy (non-hydrogen) atoms. The fourth-order valence-corrected chi connectivity index (χ4v) is 1.38. The maximum Gasteiger partial charge on any atom is 0.171 e. The summed E-state index contributed by atoms with van der Waals surface area (Å²) in [6.07, 6.45) is 0.675. The molecule has 3 heteroatoms. The molecule has 0 fully saturated rings. The van der Waals surface area contributed by atoms with Crippen LogP contribution in [-0.2, 0) is 0 Å². The van der Waals surface area contributed by atoms with Crippen molar-refractivity contribution in [1.29, 1.82) is 0 Å². The summed E-state index contributed by atoms with van der Waals surface area (Å²) < 4.78 is 5.06. The van der Waals surface area contributed by atoms with Crippen LogP contribution in [0, 0.1) is 13.8 Å². The van der Waals surface area contributed by atoms with Gasteiger partial charge in [0.25, 0.3) is 0 Å². The molecule has 0 saturated carbocycles. The molecule has 0 atom stereocenters. The van der Waals surface area contributed by atoms with Gasteiger partial charge in [-0.1, -0.05) is 17.3 Å². The molecule has 2 aromatic rings. The first-order valence-electron chi connectivity index (χ1n) is 4.70. The minimum atomic E-state index is 0.322. The Kier molecular flexibility index (Phi) is 2.37. The summed E-state index contributed by atoms with van der Waals surface area (Å²) in [5.41, 5.74) is 3.69. The first-order valence-corrected chi connectivity index (χ1v) is 4.70. The van der Waals surface area contributed by atoms with Crippen LogP contribution in [0.15, 0.2) is 28.8 Å². The van der Waals surface area contributed by atoms with Crippen LogP contribution in [0.3, 0.4) is 0 Å². The summed E-state index contributed by atoms with van der Waals surface area (Å²) in [7, 11) is 0. The molecule has 2 rings (SSSR count). The lowest BCUT2D eigenvalue weighted by Crippen LogP contribution is -1.81. The SMILES string of the molecule is Cc1ccc(-c2cc(C=O)no2)cc1C. The van der Waals surface area contributed by atoms with Crippen molar-refractivity contribution in [2.75, 3.05) is 0 Å². The van der Waals surface area contributed by atoms with E-state index in [4.69, 9.17) is 4.52 Å². The topological polar surface area (TPSA) is 43.1 Å². The Morgan fingerprint density at radius 2 is 2.00 bits per heavy atom. The summed E-state index contributed by atoms with van der Waals surface area (Å²) in [4.78, 5) is 10.4. The maximum absolute atomic E-state index is 10.4. The van der Waals surface area contributed by atoms with Crippen LogP contribution in [0.5, 0.6) is 0 Å². The highest BCUT2D eigenvalue weighted by atomic mass is 16.5. The van der Waals surface area contributed by atoms with Crippen molar-refractivity contribution in [1.82, 2.24) is 5.16 Å². The van der Waals surface area contributed by atoms with Crippen molar-refractivity contribution in [3.8, 4) is 11.3 Å². The number of aryl methyl sites for hydroxylation is 2. The van der Waals surface area contributed by atoms with Crippen molar-refractivity contribution in [2.24, 2.45) is 0 Å². The number of hydrogen-bond acceptors (Lipinski definition) is 3. The van der Waals surface area contributed by atoms with Gasteiger partial charge < -0.3 is 4.52 Å². The number of carbonyl (C=O) groups is 1. The van der Waals surface area contributed by atoms with Crippen LogP contribution in [0.4, 0.5) is 0 Å². The Labute approximate surface area is 87.7 Å². The predicted molar refractivity (Wildman–Crippen MR) is 56.8 cm³/mol. The minimum absolute atomic E-state index is 0.322. The third-order valence-electron chi connectivity index (χ3n) is 2.44. The lowest BCUT2D eigenvalue weighted by atomic mass is 10.0. The molecule has 0 unspecified atom stereocenters. The highest BCUT2D eigenvalue weighted by molar-refractivity contribution is 5.74. The summed E-state index contributed by atoms with van der Waals surface area (Å²) in [5, 5.41) is 3.62. The van der Waals surface area contributed by atoms with Gasteiger partial charge in [-0.25, -0.2) is 0 Å². The van der Waals surface area contributed by atoms with Gasteiger partial charge in [-0.05, 0) is 31.0 Å². The third-order valence-corrected chi connectivity index (χ3v) is 2.44. The number of nitrogens with zero attached hydrogens (tertiary/aromatic N) is 1. The van der Waals surface area contributed by atoms with Crippen molar-refractivity contribution in [2.45, 2.75) is 13.8 Å². The van der Waals surface area contributed by atoms with Crippen molar-refractivity contribution >= 4 is 6.29 Å². The highest BCUT2D eigenvalue weighted by Gasteiger charge is 2.06. The quantitative estimate of drug-likeness (QED) is 0.701. The number of carbonyl (C=O) groups excluding carboxylic acids is 1. The number of benzene rings is 1. The van der Waals surface area contributed by atoms with Gasteiger partial charge >= 0.3 is 0 Å². The predicted octanol–water partition coefficient (Wildman–Crippen LogP) is 2.77. The molecule has 0 aliphatic carbocycles. The van der Waals surface area contributed by atoms with Gasteiger partial charge in [-0.2, -0.15) is 0 Å². The van der Waals surface area contributed by atoms with E-state index >= 15 is 0 Å². The zero-order chi connectivity index (χ0) is 10.8. The smallest absolute Gasteiger partial charge is 0.171 e. The second kappa shape index (κ2) is 3.69. The summed E-state index contributed by atoms with van der Waals surface area (Å²) >= 11 is 0. The number of rotatable bonds is 2. The molecule has 0 radical (unpaired) electrons. The van der Waals surface area contributed by atoms with Crippen LogP contribution in [0.25, 0.3) is 11.3 Å². The number of hydrogen-bond donors (Lipinski definition) is 0. The lowest BCUT2D eigenvalue weighted by molar-refractivity contribution is 0.111. The van der Waals surface area contributed by atoms with Crippen LogP contribution in [0.1, 0.15) is 21.6 Å². The Morgan fingerprint density at radius 3 is 2.60 bits per heavy atom. The molecule has 0 bridgehead atoms. The zero-order valence-electron chi connectivity index (χ0n) is 8.65. The summed E-state index contributed by atoms with van der Waals surface area (Å²) in [6, 6.07) is 7.63. The van der Waals surface area contributed by atoms with Gasteiger partial charge in [-0.15, -0.1) is 0 Å². The van der Waals surface area contributed by atoms with Crippen LogP contribution < -0.4 is 0 Å². The van der Waals surface area contributed by atoms with Crippen LogP contribution in [-0.4, -0.2) is 11.4 Å². The van der Waals surface area contributed by atoms with Crippen LogP contribution in [0.2, 0.25) is 0 Å². The molecule has 76 valence electrons. The molecule has 0 amide bonds. The standard InChI is InChI=1S/C12H11NO2/c1-8-3-4-10(5-9(8)2)12-6-11(7-14)13-15-12/h3-7H,1-2H3. The molecule has 1 aromatic heterocycles. The molecule has 0 aliphatic heterocycles. The normalized spacial score (nSPS) is 10.3. The molecule has 3 nitrogen and oxygen atoms in total. The van der Waals surface area contributed by atoms with Gasteiger partial charge in [0.2, 0.25) is 0 Å². The summed E-state index contributed by atoms with van der Waals surface area (Å²) in [6.45, 7) is 4.09. The molecule has 0 spiro atoms. The Morgan fingerprint density at radius 1 is 1.20 bits per heavy atom. The van der Waals surface area contributed by atoms with E-state index in [1.165, 1.54) is 11.1 Å². The van der Waals surface area contributed by atoms with Gasteiger partial charge in [-0.3, -0.25) is 4.79 Å². The Balaban J connectivity index is 2.44. The molecular formula is C12H11NO2. The average molecular weight is 201 g/mol. The fourth-order valence-electron chi connectivity index (χ4n) is 1.38. The maximum atomic E-state index is 10.4. The molecule has 0 aliphatic rings. The van der Waals surface area contributed by atoms with Crippen LogP contribution >= 0.6 is 0 Å². The van der Waals surface area contributed by atoms with Gasteiger partial charge in [0.15, 0.2) is 12.0 Å². The zero-order valence-corrected chi connectivity index (χ0v) is 8.65. The van der Waals surface area contributed by atoms with Crippen molar-refractivity contribution in [3.05, 3.63) is 41.1 Å². The van der Waals surface area contributed by atoms with E-state index in [9.17, 15) is 4.79 Å². The van der Waals surface area contributed by atoms with E-state index < -0.39 is 0 Å². The Bertz CT molecular complexity index is 500. The van der Waals surface area contributed by atoms with Gasteiger partial charge in [0, 0.05) is 11.6 Å². The first kappa shape index (κ1) is 9.65. The number of aldehydes is 1. The fraction of sp³-hybridized carbons (Fsp3) is 0.167. The summed E-state index contributed by atoms with van der Waals surface area (Å²) in [5.74, 6) is 0.625. The first-order chi connectivity index (χ1) is 7.20. The van der Waals surface area contributed by atoms with Crippen molar-refractivity contribution < 1.29 is 9.32 Å². The molecular weight excluding hydrogens is 190 g/mol. The van der Waals surface area contributed by atoms with E-state index in [0.29, 0.717) is 17.7 Å². The molecule has 0 saturated heterocycles. The van der Waals surface area contributed by atoms with E-state index in [1.807, 2.05) is 25.1 Å². The average Bonchev–Trinajstić information content (AvgIpc) is 2.70. The second-order valence-electron chi connectivity index (χ2n) is 3.53. The minimum Gasteiger partial charge on any atom is -0.356 e. The Hall–Kier alpha value is -1.90. The van der Waals surface area contributed by atoms with E-state index in [0.717, 1.165) is 5.56 Å². The molecule has 1 aromatic carbocycles. The second-order valence-corrected chi connectivity index (χ2v) is 3.53. The molecule has 0 N–H and O–H groups in total. The lowest BCUT2D eigenvalue weighted by Gasteiger charge is -2.01.